The average Bonchev–Trinajstić information content (AvgIpc) is 2.63. The maximum Gasteiger partial charge on any atom is 0.229 e. The fourth-order valence-corrected chi connectivity index (χ4v) is 2.84. The van der Waals surface area contributed by atoms with E-state index in [0.29, 0.717) is 0 Å². The van der Waals surface area contributed by atoms with Gasteiger partial charge >= 0.3 is 0 Å². The Kier molecular flexibility index (Phi) is 7.58. The van der Waals surface area contributed by atoms with Crippen molar-refractivity contribution < 1.29 is 8.85 Å². The van der Waals surface area contributed by atoms with Gasteiger partial charge in [-0.05, 0) is 18.1 Å². The number of benzene rings is 2. The van der Waals surface area contributed by atoms with Crippen molar-refractivity contribution in [3.63, 3.8) is 0 Å². The fraction of sp³-hybridized carbons (Fsp3) is 0.217. The van der Waals surface area contributed by atoms with Gasteiger partial charge in [0.2, 0.25) is 26.8 Å². The van der Waals surface area contributed by atoms with Crippen LogP contribution in [0.4, 0.5) is 0 Å². The molecule has 0 heterocycles. The highest BCUT2D eigenvalue weighted by Gasteiger charge is 2.08. The number of hydrogen-bond acceptors (Lipinski definition) is 0. The van der Waals surface area contributed by atoms with Gasteiger partial charge in [0.25, 0.3) is 0 Å². The van der Waals surface area contributed by atoms with Crippen molar-refractivity contribution in [2.75, 3.05) is 14.2 Å². The molecule has 0 saturated carbocycles. The largest absolute Gasteiger partial charge is 0.355 e. The van der Waals surface area contributed by atoms with Crippen molar-refractivity contribution in [2.24, 2.45) is 0 Å². The Balaban J connectivity index is 2.47. The van der Waals surface area contributed by atoms with Crippen LogP contribution in [0.1, 0.15) is 16.7 Å². The van der Waals surface area contributed by atoms with Crippen molar-refractivity contribution in [3.8, 4) is 11.1 Å². The third-order valence-electron chi connectivity index (χ3n) is 3.79. The number of allylic oxidation sites excluding steroid dienone is 4. The lowest BCUT2D eigenvalue weighted by Crippen LogP contribution is -1.97. The summed E-state index contributed by atoms with van der Waals surface area (Å²) < 4.78 is 9.71. The first-order valence-corrected chi connectivity index (χ1v) is 8.31. The minimum atomic E-state index is 0.829. The van der Waals surface area contributed by atoms with Crippen LogP contribution >= 0.6 is 0 Å². The lowest BCUT2D eigenvalue weighted by Gasteiger charge is -2.17. The van der Waals surface area contributed by atoms with E-state index in [9.17, 15) is 0 Å². The highest BCUT2D eigenvalue weighted by Crippen LogP contribution is 2.30. The first-order chi connectivity index (χ1) is 12.3. The maximum absolute atomic E-state index is 4.85. The topological polar surface area (TPSA) is 22.6 Å². The maximum atomic E-state index is 4.85. The highest BCUT2D eigenvalue weighted by atomic mass is 16.4. The zero-order valence-corrected chi connectivity index (χ0v) is 15.1. The normalized spacial score (nSPS) is 12.3. The first-order valence-electron chi connectivity index (χ1n) is 8.31. The molecule has 0 N–H and O–H groups in total. The van der Waals surface area contributed by atoms with Crippen molar-refractivity contribution in [1.29, 1.82) is 0 Å². The summed E-state index contributed by atoms with van der Waals surface area (Å²) >= 11 is 0. The van der Waals surface area contributed by atoms with Gasteiger partial charge in [0, 0.05) is 0 Å². The molecule has 0 amide bonds. The van der Waals surface area contributed by atoms with Crippen LogP contribution < -0.4 is 0 Å². The molecule has 0 atom stereocenters. The van der Waals surface area contributed by atoms with Crippen molar-refractivity contribution >= 4 is 12.6 Å². The second-order valence-electron chi connectivity index (χ2n) is 5.68. The van der Waals surface area contributed by atoms with E-state index in [1.54, 1.807) is 14.2 Å². The number of rotatable bonds is 7. The summed E-state index contributed by atoms with van der Waals surface area (Å²) in [5.41, 5.74) is 6.36. The minimum Gasteiger partial charge on any atom is -0.355 e. The van der Waals surface area contributed by atoms with E-state index in [4.69, 9.17) is 8.85 Å². The summed E-state index contributed by atoms with van der Waals surface area (Å²) in [5.74, 6) is 0. The molecule has 128 valence electrons. The van der Waals surface area contributed by atoms with Gasteiger partial charge in [-0.3, -0.25) is 0 Å². The molecule has 2 nitrogen and oxygen atoms in total. The SMILES string of the molecule is C[O+]=[C-]/C=C/Cc1cc(C)cc(C/C=C/[C-]=[O+]C)c1-c1ccccc1. The monoisotopic (exact) mass is 332 g/mol. The predicted octanol–water partition coefficient (Wildman–Crippen LogP) is 4.41. The fourth-order valence-electron chi connectivity index (χ4n) is 2.84. The Morgan fingerprint density at radius 3 is 1.84 bits per heavy atom. The lowest BCUT2D eigenvalue weighted by atomic mass is 9.89. The molecule has 0 fully saturated rings. The van der Waals surface area contributed by atoms with Crippen LogP contribution in [0.2, 0.25) is 0 Å². The van der Waals surface area contributed by atoms with Crippen molar-refractivity contribution in [1.82, 2.24) is 0 Å². The summed E-state index contributed by atoms with van der Waals surface area (Å²) in [4.78, 5) is 0. The summed E-state index contributed by atoms with van der Waals surface area (Å²) in [6.45, 7) is 2.13. The van der Waals surface area contributed by atoms with E-state index in [2.05, 4.69) is 68.0 Å². The molecule has 0 spiro atoms. The molecule has 0 radical (unpaired) electrons. The molecule has 0 aliphatic heterocycles. The molecule has 0 bridgehead atoms. The number of hydrogen-bond donors (Lipinski definition) is 0. The van der Waals surface area contributed by atoms with E-state index >= 15 is 0 Å². The molecule has 2 aromatic carbocycles. The van der Waals surface area contributed by atoms with Crippen LogP contribution in [0.3, 0.4) is 0 Å². The van der Waals surface area contributed by atoms with E-state index in [1.165, 1.54) is 27.8 Å². The Bertz CT molecular complexity index is 736. The molecule has 0 aliphatic rings. The van der Waals surface area contributed by atoms with Crippen molar-refractivity contribution in [2.45, 2.75) is 19.8 Å². The first kappa shape index (κ1) is 18.6. The van der Waals surface area contributed by atoms with Crippen LogP contribution in [-0.4, -0.2) is 26.8 Å². The quantitative estimate of drug-likeness (QED) is 0.407. The second-order valence-corrected chi connectivity index (χ2v) is 5.68. The van der Waals surface area contributed by atoms with Gasteiger partial charge < -0.3 is 8.85 Å². The van der Waals surface area contributed by atoms with Gasteiger partial charge in [0.1, 0.15) is 0 Å². The van der Waals surface area contributed by atoms with Gasteiger partial charge in [-0.2, -0.15) is 0 Å². The molecule has 2 aromatic rings. The van der Waals surface area contributed by atoms with E-state index in [0.717, 1.165) is 12.8 Å². The molecule has 0 aromatic heterocycles. The van der Waals surface area contributed by atoms with Gasteiger partial charge in [-0.1, -0.05) is 72.0 Å². The van der Waals surface area contributed by atoms with E-state index in [-0.39, 0.29) is 0 Å². The molecule has 2 heteroatoms. The third kappa shape index (κ3) is 5.68. The van der Waals surface area contributed by atoms with E-state index in [1.807, 2.05) is 18.2 Å². The summed E-state index contributed by atoms with van der Waals surface area (Å²) in [6, 6.07) is 15.0. The Morgan fingerprint density at radius 1 is 0.840 bits per heavy atom. The van der Waals surface area contributed by atoms with Crippen LogP contribution in [0, 0.1) is 6.92 Å². The molecule has 2 rings (SSSR count). The molecule has 0 saturated heterocycles. The predicted molar refractivity (Wildman–Crippen MR) is 106 cm³/mol. The van der Waals surface area contributed by atoms with Gasteiger partial charge in [-0.25, -0.2) is 12.2 Å². The van der Waals surface area contributed by atoms with Crippen LogP contribution in [0.25, 0.3) is 11.1 Å². The van der Waals surface area contributed by atoms with Gasteiger partial charge in [0.15, 0.2) is 0 Å². The van der Waals surface area contributed by atoms with Crippen LogP contribution in [0.15, 0.2) is 66.8 Å². The van der Waals surface area contributed by atoms with Crippen LogP contribution in [0.5, 0.6) is 0 Å². The lowest BCUT2D eigenvalue weighted by molar-refractivity contribution is 0.186. The van der Waals surface area contributed by atoms with Crippen molar-refractivity contribution in [3.05, 3.63) is 83.5 Å². The number of carbonyl (C=O) groups excluding carboxylic acids is 2. The molecular weight excluding hydrogens is 308 g/mol. The Morgan fingerprint density at radius 2 is 1.36 bits per heavy atom. The summed E-state index contributed by atoms with van der Waals surface area (Å²) in [5, 5.41) is 0. The zero-order valence-electron chi connectivity index (χ0n) is 15.1. The standard InChI is InChI=1S/C23H24O2/c1-19-17-21(13-7-9-15-24-2)23(20-11-5-4-6-12-20)22(18-19)14-8-10-16-25-3/h4-12,17-18H,13-14H2,1-3H3/b9-7+,10-8+. The smallest absolute Gasteiger partial charge is 0.229 e. The highest BCUT2D eigenvalue weighted by molar-refractivity contribution is 5.73. The third-order valence-corrected chi connectivity index (χ3v) is 3.79. The Hall–Kier alpha value is -2.74. The molecule has 0 unspecified atom stereocenters. The van der Waals surface area contributed by atoms with Gasteiger partial charge in [-0.15, -0.1) is 12.2 Å². The average molecular weight is 332 g/mol. The summed E-state index contributed by atoms with van der Waals surface area (Å²) in [7, 11) is 3.20. The summed E-state index contributed by atoms with van der Waals surface area (Å²) in [6.07, 6.45) is 14.9. The van der Waals surface area contributed by atoms with Crippen LogP contribution in [-0.2, 0) is 21.7 Å². The van der Waals surface area contributed by atoms with E-state index < -0.39 is 0 Å². The molecular formula is C23H24O2. The van der Waals surface area contributed by atoms with Gasteiger partial charge in [0.05, 0.1) is 0 Å². The Labute approximate surface area is 150 Å². The minimum absolute atomic E-state index is 0.829. The molecule has 0 aliphatic carbocycles. The second kappa shape index (κ2) is 10.2. The number of aryl methyl sites for hydroxylation is 1. The zero-order chi connectivity index (χ0) is 17.9. The molecule has 25 heavy (non-hydrogen) atoms.